The molecule has 0 N–H and O–H groups in total. The van der Waals surface area contributed by atoms with Gasteiger partial charge < -0.3 is 4.74 Å². The van der Waals surface area contributed by atoms with E-state index in [-0.39, 0.29) is 0 Å². The van der Waals surface area contributed by atoms with Crippen LogP contribution < -0.4 is 4.74 Å². The summed E-state index contributed by atoms with van der Waals surface area (Å²) in [5.74, 6) is 0.776. The lowest BCUT2D eigenvalue weighted by Crippen LogP contribution is -1.94. The highest BCUT2D eigenvalue weighted by molar-refractivity contribution is 5.79. The van der Waals surface area contributed by atoms with Gasteiger partial charge in [-0.25, -0.2) is 0 Å². The Kier molecular flexibility index (Phi) is 2.68. The summed E-state index contributed by atoms with van der Waals surface area (Å²) < 4.78 is 7.46. The molecule has 0 unspecified atom stereocenters. The van der Waals surface area contributed by atoms with Crippen LogP contribution in [0.4, 0.5) is 0 Å². The van der Waals surface area contributed by atoms with Crippen molar-refractivity contribution in [3.63, 3.8) is 0 Å². The molecule has 1 aromatic carbocycles. The molecular formula is C14H13N3O. The third-order valence-corrected chi connectivity index (χ3v) is 2.73. The van der Waals surface area contributed by atoms with E-state index in [1.165, 1.54) is 0 Å². The molecule has 0 fully saturated rings. The normalized spacial score (nSPS) is 10.7. The van der Waals surface area contributed by atoms with E-state index in [0.717, 1.165) is 22.2 Å². The van der Waals surface area contributed by atoms with Crippen molar-refractivity contribution < 1.29 is 4.74 Å². The van der Waals surface area contributed by atoms with Crippen molar-refractivity contribution in [2.45, 2.75) is 6.61 Å². The fourth-order valence-electron chi connectivity index (χ4n) is 1.84. The molecule has 0 aliphatic rings. The minimum atomic E-state index is 0.508. The van der Waals surface area contributed by atoms with Crippen molar-refractivity contribution in [3.8, 4) is 5.75 Å². The fourth-order valence-corrected chi connectivity index (χ4v) is 1.84. The van der Waals surface area contributed by atoms with Crippen molar-refractivity contribution in [2.75, 3.05) is 0 Å². The van der Waals surface area contributed by atoms with Gasteiger partial charge in [-0.3, -0.25) is 9.67 Å². The minimum absolute atomic E-state index is 0.508. The van der Waals surface area contributed by atoms with E-state index in [1.54, 1.807) is 17.1 Å². The quantitative estimate of drug-likeness (QED) is 0.705. The number of rotatable bonds is 3. The van der Waals surface area contributed by atoms with Gasteiger partial charge in [0.1, 0.15) is 12.4 Å². The van der Waals surface area contributed by atoms with E-state index >= 15 is 0 Å². The van der Waals surface area contributed by atoms with E-state index in [1.807, 2.05) is 43.6 Å². The number of para-hydroxylation sites is 1. The third-order valence-electron chi connectivity index (χ3n) is 2.73. The van der Waals surface area contributed by atoms with Crippen molar-refractivity contribution >= 4 is 10.9 Å². The molecule has 0 saturated carbocycles. The summed E-state index contributed by atoms with van der Waals surface area (Å²) in [7, 11) is 1.89. The van der Waals surface area contributed by atoms with Crippen LogP contribution in [0, 0.1) is 0 Å². The Labute approximate surface area is 105 Å². The van der Waals surface area contributed by atoms with Crippen LogP contribution in [0.5, 0.6) is 5.75 Å². The summed E-state index contributed by atoms with van der Waals surface area (Å²) in [6.07, 6.45) is 5.49. The lowest BCUT2D eigenvalue weighted by molar-refractivity contribution is 0.305. The van der Waals surface area contributed by atoms with Crippen molar-refractivity contribution in [2.24, 2.45) is 7.05 Å². The van der Waals surface area contributed by atoms with Gasteiger partial charge >= 0.3 is 0 Å². The highest BCUT2D eigenvalue weighted by Gasteiger charge is 2.00. The molecule has 18 heavy (non-hydrogen) atoms. The molecule has 4 nitrogen and oxygen atoms in total. The minimum Gasteiger partial charge on any atom is -0.487 e. The first kappa shape index (κ1) is 10.8. The van der Waals surface area contributed by atoms with Crippen LogP contribution >= 0.6 is 0 Å². The molecule has 0 saturated heterocycles. The zero-order valence-electron chi connectivity index (χ0n) is 10.1. The average molecular weight is 239 g/mol. The molecule has 3 rings (SSSR count). The van der Waals surface area contributed by atoms with Crippen molar-refractivity contribution in [1.82, 2.24) is 14.8 Å². The number of aryl methyl sites for hydroxylation is 1. The van der Waals surface area contributed by atoms with Crippen LogP contribution in [0.25, 0.3) is 10.9 Å². The molecule has 3 aromatic rings. The van der Waals surface area contributed by atoms with Crippen LogP contribution in [-0.4, -0.2) is 14.8 Å². The van der Waals surface area contributed by atoms with E-state index < -0.39 is 0 Å². The predicted molar refractivity (Wildman–Crippen MR) is 69.3 cm³/mol. The molecule has 90 valence electrons. The zero-order chi connectivity index (χ0) is 12.4. The summed E-state index contributed by atoms with van der Waals surface area (Å²) in [6, 6.07) is 9.98. The predicted octanol–water partition coefficient (Wildman–Crippen LogP) is 2.55. The maximum atomic E-state index is 5.70. The summed E-state index contributed by atoms with van der Waals surface area (Å²) in [5, 5.41) is 5.18. The number of hydrogen-bond donors (Lipinski definition) is 0. The topological polar surface area (TPSA) is 39.9 Å². The van der Waals surface area contributed by atoms with Gasteiger partial charge in [0.25, 0.3) is 0 Å². The van der Waals surface area contributed by atoms with Crippen LogP contribution in [0.1, 0.15) is 5.56 Å². The van der Waals surface area contributed by atoms with E-state index in [0.29, 0.717) is 6.61 Å². The molecule has 0 aliphatic heterocycles. The number of pyridine rings is 1. The number of benzene rings is 1. The molecule has 2 aromatic heterocycles. The van der Waals surface area contributed by atoms with Crippen molar-refractivity contribution in [3.05, 3.63) is 54.5 Å². The Morgan fingerprint density at radius 1 is 1.22 bits per heavy atom. The van der Waals surface area contributed by atoms with Crippen LogP contribution in [0.2, 0.25) is 0 Å². The number of aromatic nitrogens is 3. The van der Waals surface area contributed by atoms with Gasteiger partial charge in [-0.2, -0.15) is 5.10 Å². The molecule has 0 aliphatic carbocycles. The zero-order valence-corrected chi connectivity index (χ0v) is 10.1. The van der Waals surface area contributed by atoms with Gasteiger partial charge in [-0.15, -0.1) is 0 Å². The van der Waals surface area contributed by atoms with E-state index in [9.17, 15) is 0 Å². The summed E-state index contributed by atoms with van der Waals surface area (Å²) in [4.78, 5) is 4.35. The van der Waals surface area contributed by atoms with Crippen molar-refractivity contribution in [1.29, 1.82) is 0 Å². The lowest BCUT2D eigenvalue weighted by Gasteiger charge is -2.05. The van der Waals surface area contributed by atoms with Gasteiger partial charge in [0.15, 0.2) is 0 Å². The van der Waals surface area contributed by atoms with E-state index in [4.69, 9.17) is 4.74 Å². The highest BCUT2D eigenvalue weighted by Crippen LogP contribution is 2.18. The molecule has 2 heterocycles. The monoisotopic (exact) mass is 239 g/mol. The molecule has 0 atom stereocenters. The van der Waals surface area contributed by atoms with Crippen LogP contribution in [0.3, 0.4) is 0 Å². The number of ether oxygens (including phenoxy) is 1. The maximum Gasteiger partial charge on any atom is 0.138 e. The fraction of sp³-hybridized carbons (Fsp3) is 0.143. The van der Waals surface area contributed by atoms with Crippen LogP contribution in [0.15, 0.2) is 48.9 Å². The summed E-state index contributed by atoms with van der Waals surface area (Å²) in [6.45, 7) is 0.508. The Hall–Kier alpha value is -2.36. The maximum absolute atomic E-state index is 5.70. The standard InChI is InChI=1S/C14H13N3O/c1-17-9-11(7-16-17)10-18-13-6-12-4-2-3-5-14(12)15-8-13/h2-9H,10H2,1H3. The third kappa shape index (κ3) is 2.18. The Morgan fingerprint density at radius 3 is 2.94 bits per heavy atom. The van der Waals surface area contributed by atoms with Gasteiger partial charge in [-0.05, 0) is 12.1 Å². The highest BCUT2D eigenvalue weighted by atomic mass is 16.5. The molecular weight excluding hydrogens is 226 g/mol. The van der Waals surface area contributed by atoms with Crippen LogP contribution in [-0.2, 0) is 13.7 Å². The summed E-state index contributed by atoms with van der Waals surface area (Å²) >= 11 is 0. The molecule has 0 bridgehead atoms. The van der Waals surface area contributed by atoms with Gasteiger partial charge in [0.05, 0.1) is 17.9 Å². The first-order chi connectivity index (χ1) is 8.81. The van der Waals surface area contributed by atoms with Gasteiger partial charge in [-0.1, -0.05) is 18.2 Å². The largest absolute Gasteiger partial charge is 0.487 e. The second kappa shape index (κ2) is 4.49. The van der Waals surface area contributed by atoms with Gasteiger partial charge in [0.2, 0.25) is 0 Å². The summed E-state index contributed by atoms with van der Waals surface area (Å²) in [5.41, 5.74) is 2.02. The lowest BCUT2D eigenvalue weighted by atomic mass is 10.2. The second-order valence-corrected chi connectivity index (χ2v) is 4.17. The number of hydrogen-bond acceptors (Lipinski definition) is 3. The molecule has 0 spiro atoms. The first-order valence-corrected chi connectivity index (χ1v) is 5.76. The smallest absolute Gasteiger partial charge is 0.138 e. The number of fused-ring (bicyclic) bond motifs is 1. The Balaban J connectivity index is 1.78. The molecule has 4 heteroatoms. The first-order valence-electron chi connectivity index (χ1n) is 5.76. The molecule has 0 amide bonds. The Morgan fingerprint density at radius 2 is 2.11 bits per heavy atom. The van der Waals surface area contributed by atoms with Gasteiger partial charge in [0, 0.05) is 24.2 Å². The average Bonchev–Trinajstić information content (AvgIpc) is 2.82. The van der Waals surface area contributed by atoms with E-state index in [2.05, 4.69) is 10.1 Å². The second-order valence-electron chi connectivity index (χ2n) is 4.17. The Bertz CT molecular complexity index is 675. The molecule has 0 radical (unpaired) electrons. The number of nitrogens with zero attached hydrogens (tertiary/aromatic N) is 3. The SMILES string of the molecule is Cn1cc(COc2cnc3ccccc3c2)cn1.